The summed E-state index contributed by atoms with van der Waals surface area (Å²) in [6.07, 6.45) is 90.1. The number of phosphoric ester groups is 2. The van der Waals surface area contributed by atoms with Crippen molar-refractivity contribution in [1.82, 2.24) is 0 Å². The molecular formula is C89H154O17P2. The molecule has 0 saturated heterocycles. The quantitative estimate of drug-likeness (QED) is 0.0169. The number of carbonyl (C=O) groups excluding carboxylic acids is 4. The van der Waals surface area contributed by atoms with Crippen molar-refractivity contribution in [3.05, 3.63) is 122 Å². The highest BCUT2D eigenvalue weighted by Gasteiger charge is 2.30. The molecule has 17 nitrogen and oxygen atoms in total. The molecule has 0 radical (unpaired) electrons. The number of aliphatic hydroxyl groups excluding tert-OH is 1. The molecule has 0 aromatic carbocycles. The van der Waals surface area contributed by atoms with Gasteiger partial charge in [-0.05, 0) is 141 Å². The highest BCUT2D eigenvalue weighted by molar-refractivity contribution is 7.47. The Morgan fingerprint density at radius 1 is 0.269 bits per heavy atom. The number of hydrogen-bond donors (Lipinski definition) is 3. The van der Waals surface area contributed by atoms with Crippen LogP contribution in [0.1, 0.15) is 362 Å². The second-order valence-electron chi connectivity index (χ2n) is 28.4. The van der Waals surface area contributed by atoms with Gasteiger partial charge in [-0.2, -0.15) is 0 Å². The standard InChI is InChI=1S/C89H154O17P2/c1-5-9-13-17-21-25-29-33-36-39-41-44-47-51-54-58-62-66-70-74-87(92)100-80-85(106-89(94)76-72-68-64-60-56-52-48-45-42-40-37-34-30-26-22-18-14-10-6-2)82-104-108(97,98)102-78-83(90)77-101-107(95,96)103-81-84(105-88(93)75-71-67-63-59-55-49-32-28-24-20-16-12-8-4)79-99-86(91)73-69-65-61-57-53-50-46-43-38-35-31-27-23-19-15-11-7-3/h11,15,21-23,25-27,33-38,41-42,44-46,50,83-85,90H,5-10,12-14,16-20,24,28-32,39-40,43,47-49,51-82H2,1-4H3,(H,95,96)(H,97,98)/b15-11-,25-21-,26-22-,27-23-,36-33-,37-34-,38-35-,44-41-,45-42-,50-46-. The lowest BCUT2D eigenvalue weighted by atomic mass is 10.0. The fraction of sp³-hybridized carbons (Fsp3) is 0.730. The SMILES string of the molecule is CC/C=C\C/C=C\C/C=C\C/C=C\CCCCCCC(=O)OCC(COP(=O)(O)OCC(O)COP(=O)(O)OCC(COC(=O)CCCCCCCC/C=C\C/C=C\C/C=C\CCCCC)OC(=O)CCCCCCCC/C=C\C/C=C\C/C=C\CCCCC)OC(=O)CCCCCCCCCCCCCCC. The lowest BCUT2D eigenvalue weighted by Gasteiger charge is -2.21. The molecule has 622 valence electrons. The maximum Gasteiger partial charge on any atom is 0.472 e. The molecule has 0 aliphatic heterocycles. The zero-order valence-electron chi connectivity index (χ0n) is 68.2. The van der Waals surface area contributed by atoms with E-state index in [4.69, 9.17) is 37.0 Å². The molecule has 0 aromatic rings. The molecule has 0 aliphatic rings. The van der Waals surface area contributed by atoms with Crippen LogP contribution in [0.25, 0.3) is 0 Å². The minimum Gasteiger partial charge on any atom is -0.462 e. The Morgan fingerprint density at radius 3 is 0.759 bits per heavy atom. The van der Waals surface area contributed by atoms with E-state index in [1.165, 1.54) is 89.9 Å². The lowest BCUT2D eigenvalue weighted by Crippen LogP contribution is -2.30. The van der Waals surface area contributed by atoms with Gasteiger partial charge in [0.15, 0.2) is 12.2 Å². The molecule has 0 amide bonds. The van der Waals surface area contributed by atoms with E-state index < -0.39 is 97.5 Å². The van der Waals surface area contributed by atoms with Gasteiger partial charge in [0.1, 0.15) is 19.3 Å². The third-order valence-electron chi connectivity index (χ3n) is 17.9. The van der Waals surface area contributed by atoms with E-state index in [-0.39, 0.29) is 25.7 Å². The highest BCUT2D eigenvalue weighted by atomic mass is 31.2. The molecule has 0 spiro atoms. The Bertz CT molecular complexity index is 2520. The summed E-state index contributed by atoms with van der Waals surface area (Å²) in [6.45, 7) is 4.70. The third kappa shape index (κ3) is 79.5. The molecule has 3 N–H and O–H groups in total. The molecule has 0 aromatic heterocycles. The summed E-state index contributed by atoms with van der Waals surface area (Å²) in [6, 6.07) is 0. The summed E-state index contributed by atoms with van der Waals surface area (Å²) in [5.41, 5.74) is 0. The first kappa shape index (κ1) is 103. The molecule has 0 aliphatic carbocycles. The monoisotopic (exact) mass is 1560 g/mol. The summed E-state index contributed by atoms with van der Waals surface area (Å²) in [5.74, 6) is -2.21. The predicted octanol–water partition coefficient (Wildman–Crippen LogP) is 25.5. The molecule has 0 bridgehead atoms. The van der Waals surface area contributed by atoms with Crippen molar-refractivity contribution in [2.45, 2.75) is 380 Å². The Morgan fingerprint density at radius 2 is 0.481 bits per heavy atom. The summed E-state index contributed by atoms with van der Waals surface area (Å²) < 4.78 is 68.8. The number of hydrogen-bond acceptors (Lipinski definition) is 15. The average Bonchev–Trinajstić information content (AvgIpc) is 0.887. The molecular weight excluding hydrogens is 1400 g/mol. The molecule has 0 fully saturated rings. The summed E-state index contributed by atoms with van der Waals surface area (Å²) in [7, 11) is -9.98. The van der Waals surface area contributed by atoms with Crippen molar-refractivity contribution in [3.63, 3.8) is 0 Å². The Hall–Kier alpha value is -4.54. The second kappa shape index (κ2) is 80.5. The van der Waals surface area contributed by atoms with Crippen molar-refractivity contribution in [3.8, 4) is 0 Å². The zero-order chi connectivity index (χ0) is 78.9. The smallest absolute Gasteiger partial charge is 0.462 e. The van der Waals surface area contributed by atoms with Gasteiger partial charge in [0.05, 0.1) is 26.4 Å². The maximum atomic E-state index is 13.1. The maximum absolute atomic E-state index is 13.1. The summed E-state index contributed by atoms with van der Waals surface area (Å²) >= 11 is 0. The number of unbranched alkanes of at least 4 members (excludes halogenated alkanes) is 34. The number of allylic oxidation sites excluding steroid dienone is 20. The van der Waals surface area contributed by atoms with Gasteiger partial charge in [0.25, 0.3) is 0 Å². The van der Waals surface area contributed by atoms with E-state index in [2.05, 4.69) is 149 Å². The van der Waals surface area contributed by atoms with Crippen LogP contribution in [0.15, 0.2) is 122 Å². The molecule has 5 unspecified atom stereocenters. The number of esters is 4. The molecule has 0 heterocycles. The number of ether oxygens (including phenoxy) is 4. The Balaban J connectivity index is 5.40. The van der Waals surface area contributed by atoms with Crippen LogP contribution in [0.3, 0.4) is 0 Å². The predicted molar refractivity (Wildman–Crippen MR) is 445 cm³/mol. The van der Waals surface area contributed by atoms with Crippen molar-refractivity contribution < 1.29 is 80.2 Å². The number of aliphatic hydroxyl groups is 1. The minimum atomic E-state index is -4.99. The van der Waals surface area contributed by atoms with E-state index in [1.54, 1.807) is 0 Å². The van der Waals surface area contributed by atoms with Gasteiger partial charge in [0.2, 0.25) is 0 Å². The average molecular weight is 1560 g/mol. The number of phosphoric acid groups is 2. The third-order valence-corrected chi connectivity index (χ3v) is 19.8. The Labute approximate surface area is 657 Å². The van der Waals surface area contributed by atoms with Crippen LogP contribution in [0.4, 0.5) is 0 Å². The van der Waals surface area contributed by atoms with E-state index in [0.29, 0.717) is 25.7 Å². The van der Waals surface area contributed by atoms with Gasteiger partial charge in [-0.15, -0.1) is 0 Å². The van der Waals surface area contributed by atoms with Crippen LogP contribution in [-0.4, -0.2) is 96.7 Å². The molecule has 5 atom stereocenters. The molecule has 19 heteroatoms. The van der Waals surface area contributed by atoms with Crippen molar-refractivity contribution in [2.75, 3.05) is 39.6 Å². The van der Waals surface area contributed by atoms with Crippen LogP contribution >= 0.6 is 15.6 Å². The van der Waals surface area contributed by atoms with Gasteiger partial charge < -0.3 is 33.8 Å². The van der Waals surface area contributed by atoms with Crippen molar-refractivity contribution in [1.29, 1.82) is 0 Å². The van der Waals surface area contributed by atoms with E-state index in [0.717, 1.165) is 193 Å². The summed E-state index contributed by atoms with van der Waals surface area (Å²) in [5, 5.41) is 10.7. The minimum absolute atomic E-state index is 0.0757. The first-order chi connectivity index (χ1) is 52.7. The summed E-state index contributed by atoms with van der Waals surface area (Å²) in [4.78, 5) is 73.2. The van der Waals surface area contributed by atoms with Gasteiger partial charge in [-0.3, -0.25) is 37.3 Å². The van der Waals surface area contributed by atoms with E-state index >= 15 is 0 Å². The number of carbonyl (C=O) groups is 4. The van der Waals surface area contributed by atoms with Gasteiger partial charge >= 0.3 is 39.5 Å². The topological polar surface area (TPSA) is 237 Å². The van der Waals surface area contributed by atoms with Crippen LogP contribution in [-0.2, 0) is 65.4 Å². The zero-order valence-corrected chi connectivity index (χ0v) is 70.0. The van der Waals surface area contributed by atoms with Crippen LogP contribution < -0.4 is 0 Å². The second-order valence-corrected chi connectivity index (χ2v) is 31.3. The molecule has 0 rings (SSSR count). The Kier molecular flexibility index (Phi) is 77.1. The first-order valence-corrected chi connectivity index (χ1v) is 45.8. The van der Waals surface area contributed by atoms with Crippen LogP contribution in [0.2, 0.25) is 0 Å². The highest BCUT2D eigenvalue weighted by Crippen LogP contribution is 2.45. The van der Waals surface area contributed by atoms with E-state index in [9.17, 15) is 43.2 Å². The largest absolute Gasteiger partial charge is 0.472 e. The van der Waals surface area contributed by atoms with Gasteiger partial charge in [-0.1, -0.05) is 316 Å². The normalized spacial score (nSPS) is 14.4. The van der Waals surface area contributed by atoms with Gasteiger partial charge in [-0.25, -0.2) is 9.13 Å². The molecule has 0 saturated carbocycles. The molecule has 108 heavy (non-hydrogen) atoms. The van der Waals surface area contributed by atoms with Crippen LogP contribution in [0, 0.1) is 0 Å². The van der Waals surface area contributed by atoms with E-state index in [1.807, 2.05) is 0 Å². The lowest BCUT2D eigenvalue weighted by molar-refractivity contribution is -0.161. The number of rotatable bonds is 80. The fourth-order valence-electron chi connectivity index (χ4n) is 11.4. The first-order valence-electron chi connectivity index (χ1n) is 42.8. The van der Waals surface area contributed by atoms with Crippen molar-refractivity contribution in [2.24, 2.45) is 0 Å². The van der Waals surface area contributed by atoms with Crippen LogP contribution in [0.5, 0.6) is 0 Å². The van der Waals surface area contributed by atoms with Crippen molar-refractivity contribution >= 4 is 39.5 Å². The van der Waals surface area contributed by atoms with Gasteiger partial charge in [0, 0.05) is 25.7 Å². The fourth-order valence-corrected chi connectivity index (χ4v) is 13.0.